The smallest absolute Gasteiger partial charge is 0.167 e. The molecule has 4 nitrogen and oxygen atoms in total. The second kappa shape index (κ2) is 4.84. The fourth-order valence-electron chi connectivity index (χ4n) is 0.581. The number of rotatable bonds is 2. The summed E-state index contributed by atoms with van der Waals surface area (Å²) in [7, 11) is -4.37. The Morgan fingerprint density at radius 1 is 1.00 bits per heavy atom. The number of para-hydroxylation sites is 1. The van der Waals surface area contributed by atoms with Gasteiger partial charge in [0.25, 0.3) is 5.75 Å². The fraction of sp³-hybridized carbons (Fsp3) is 0. The molecule has 0 aromatic heterocycles. The van der Waals surface area contributed by atoms with E-state index in [-0.39, 0.29) is 28.1 Å². The molecule has 1 aromatic carbocycles. The molecular weight excluding hydrogens is 279 g/mol. The molecule has 0 aliphatic heterocycles. The molecule has 0 heterocycles. The molecule has 0 atom stereocenters. The number of halogens is 1. The van der Waals surface area contributed by atoms with Gasteiger partial charge in [-0.1, -0.05) is 22.5 Å². The van der Waals surface area contributed by atoms with Crippen LogP contribution in [0.2, 0.25) is 0 Å². The molecule has 0 fully saturated rings. The van der Waals surface area contributed by atoms with Crippen LogP contribution in [0.15, 0.2) is 30.3 Å². The summed E-state index contributed by atoms with van der Waals surface area (Å²) in [6.07, 6.45) is 0. The molecule has 0 saturated heterocycles. The monoisotopic (exact) mass is 283 g/mol. The van der Waals surface area contributed by atoms with E-state index in [2.05, 4.69) is 4.29 Å². The third-order valence-corrected chi connectivity index (χ3v) is 1.29. The number of benzene rings is 1. The zero-order chi connectivity index (χ0) is 8.32. The van der Waals surface area contributed by atoms with Crippen LogP contribution in [0.4, 0.5) is 0 Å². The van der Waals surface area contributed by atoms with Crippen molar-refractivity contribution in [3.8, 4) is 5.75 Å². The Morgan fingerprint density at radius 2 is 1.50 bits per heavy atom. The van der Waals surface area contributed by atoms with Crippen LogP contribution in [0.5, 0.6) is 5.75 Å². The molecule has 0 spiro atoms. The average Bonchev–Trinajstić information content (AvgIpc) is 1.85. The largest absolute Gasteiger partial charge is 0.288 e. The summed E-state index contributed by atoms with van der Waals surface area (Å²) in [5.41, 5.74) is 0. The summed E-state index contributed by atoms with van der Waals surface area (Å²) >= 11 is 0. The summed E-state index contributed by atoms with van der Waals surface area (Å²) in [5.74, 6) is 0.0177. The van der Waals surface area contributed by atoms with Crippen molar-refractivity contribution in [1.29, 1.82) is 0 Å². The molecule has 0 N–H and O–H groups in total. The average molecular weight is 284 g/mol. The summed E-state index contributed by atoms with van der Waals surface area (Å²) in [4.78, 5) is 0. The van der Waals surface area contributed by atoms with E-state index in [1.165, 1.54) is 12.1 Å². The topological polar surface area (TPSA) is 78.4 Å². The van der Waals surface area contributed by atoms with Gasteiger partial charge in [-0.3, -0.25) is 0 Å². The van der Waals surface area contributed by atoms with Gasteiger partial charge in [0, 0.05) is 22.4 Å². The van der Waals surface area contributed by atoms with Crippen molar-refractivity contribution in [3.63, 3.8) is 0 Å². The van der Waals surface area contributed by atoms with Gasteiger partial charge in [-0.25, -0.2) is 0 Å². The van der Waals surface area contributed by atoms with Gasteiger partial charge in [0.15, 0.2) is 0 Å². The predicted molar refractivity (Wildman–Crippen MR) is 27.1 cm³/mol. The Hall–Kier alpha value is -0.0697. The van der Waals surface area contributed by atoms with Crippen LogP contribution in [0.25, 0.3) is 0 Å². The van der Waals surface area contributed by atoms with Gasteiger partial charge in [-0.2, -0.15) is 14.0 Å². The first-order valence-electron chi connectivity index (χ1n) is 2.73. The molecule has 6 heteroatoms. The van der Waals surface area contributed by atoms with Crippen molar-refractivity contribution in [2.75, 3.05) is 0 Å². The first-order valence-corrected chi connectivity index (χ1v) is 3.97. The Morgan fingerprint density at radius 3 is 1.92 bits per heavy atom. The zero-order valence-electron chi connectivity index (χ0n) is 5.70. The third kappa shape index (κ3) is 4.74. The third-order valence-electron chi connectivity index (χ3n) is 0.927. The Balaban J connectivity index is 0.00000121. The Bertz CT molecular complexity index is 223. The minimum atomic E-state index is -4.37. The van der Waals surface area contributed by atoms with Gasteiger partial charge in [0.1, 0.15) is 10.2 Å². The normalized spacial score (nSPS) is 10.2. The molecule has 0 saturated carbocycles. The van der Waals surface area contributed by atoms with Crippen molar-refractivity contribution in [3.05, 3.63) is 30.3 Å². The first-order chi connectivity index (χ1) is 5.08. The van der Waals surface area contributed by atoms with Gasteiger partial charge in [0.2, 0.25) is 0 Å². The van der Waals surface area contributed by atoms with Crippen LogP contribution in [-0.4, -0.2) is 0 Å². The molecule has 1 rings (SSSR count). The molecule has 0 aliphatic rings. The molecule has 71 valence electrons. The summed E-state index contributed by atoms with van der Waals surface area (Å²) in [6.45, 7) is 0. The van der Waals surface area contributed by atoms with Gasteiger partial charge in [-0.05, 0) is 12.1 Å². The number of hydrogen-bond donors (Lipinski definition) is 0. The summed E-state index contributed by atoms with van der Waals surface area (Å²) in [6, 6.07) is 7.57. The van der Waals surface area contributed by atoms with E-state index < -0.39 is 10.2 Å². The van der Waals surface area contributed by atoms with Crippen LogP contribution in [0.3, 0.4) is 0 Å². The summed E-state index contributed by atoms with van der Waals surface area (Å²) in [5, 5.41) is 0. The zero-order valence-corrected chi connectivity index (χ0v) is 7.94. The molecule has 0 amide bonds. The molecule has 1 aromatic rings. The van der Waals surface area contributed by atoms with Crippen molar-refractivity contribution < 1.29 is 50.9 Å². The van der Waals surface area contributed by atoms with Crippen molar-refractivity contribution in [2.24, 2.45) is 0 Å². The van der Waals surface area contributed by atoms with Gasteiger partial charge in [-0.15, -0.1) is 0 Å². The van der Waals surface area contributed by atoms with Crippen LogP contribution in [0, 0.1) is 10.2 Å². The van der Waals surface area contributed by atoms with Gasteiger partial charge >= 0.3 is 0 Å². The van der Waals surface area contributed by atoms with Gasteiger partial charge in [0.05, 0.1) is 0 Å². The standard InChI is InChI=1S/C6H5ClO4.Ag/c8-7(9,10)11-6-4-2-1-3-5-6;/h1-5H;. The molecule has 1 radical (unpaired) electrons. The molecule has 0 unspecified atom stereocenters. The quantitative estimate of drug-likeness (QED) is 0.586. The fourth-order valence-corrected chi connectivity index (χ4v) is 0.902. The molecular formula is C6H5AgClO4. The Kier molecular flexibility index (Phi) is 4.81. The second-order valence-corrected chi connectivity index (χ2v) is 2.68. The van der Waals surface area contributed by atoms with E-state index in [9.17, 15) is 14.0 Å². The van der Waals surface area contributed by atoms with E-state index in [0.29, 0.717) is 0 Å². The maximum absolute atomic E-state index is 10.00. The van der Waals surface area contributed by atoms with Crippen LogP contribution < -0.4 is 18.3 Å². The second-order valence-electron chi connectivity index (χ2n) is 1.77. The van der Waals surface area contributed by atoms with E-state index in [1.807, 2.05) is 0 Å². The van der Waals surface area contributed by atoms with Crippen LogP contribution in [0.1, 0.15) is 0 Å². The molecule has 0 aliphatic carbocycles. The van der Waals surface area contributed by atoms with E-state index in [4.69, 9.17) is 0 Å². The maximum Gasteiger partial charge on any atom is 0.288 e. The van der Waals surface area contributed by atoms with E-state index >= 15 is 0 Å². The minimum Gasteiger partial charge on any atom is -0.167 e. The predicted octanol–water partition coefficient (Wildman–Crippen LogP) is -2.04. The number of hydrogen-bond acceptors (Lipinski definition) is 4. The Labute approximate surface area is 87.0 Å². The minimum absolute atomic E-state index is 0. The van der Waals surface area contributed by atoms with Gasteiger partial charge < -0.3 is 0 Å². The van der Waals surface area contributed by atoms with Crippen LogP contribution >= 0.6 is 0 Å². The van der Waals surface area contributed by atoms with Crippen molar-refractivity contribution >= 4 is 0 Å². The first kappa shape index (κ1) is 11.9. The van der Waals surface area contributed by atoms with E-state index in [0.717, 1.165) is 0 Å². The SMILES string of the molecule is [Ag].[O-][Cl+3]([O-])([O-])Oc1ccccc1. The summed E-state index contributed by atoms with van der Waals surface area (Å²) < 4.78 is 34.0. The molecule has 12 heavy (non-hydrogen) atoms. The van der Waals surface area contributed by atoms with Crippen LogP contribution in [-0.2, 0) is 22.4 Å². The van der Waals surface area contributed by atoms with Crippen molar-refractivity contribution in [1.82, 2.24) is 0 Å². The maximum atomic E-state index is 10.00. The van der Waals surface area contributed by atoms with E-state index in [1.54, 1.807) is 18.2 Å². The molecule has 0 bridgehead atoms. The van der Waals surface area contributed by atoms with Crippen molar-refractivity contribution in [2.45, 2.75) is 0 Å².